The lowest BCUT2D eigenvalue weighted by Gasteiger charge is -2.30. The molecule has 2 aliphatic rings. The summed E-state index contributed by atoms with van der Waals surface area (Å²) in [5.74, 6) is -1.88. The van der Waals surface area contributed by atoms with Crippen LogP contribution in [0.3, 0.4) is 0 Å². The normalized spacial score (nSPS) is 18.7. The number of carboxylic acid groups (broad SMARTS) is 1. The van der Waals surface area contributed by atoms with Crippen molar-refractivity contribution in [1.82, 2.24) is 10.6 Å². The summed E-state index contributed by atoms with van der Waals surface area (Å²) in [7, 11) is 0. The first-order valence-electron chi connectivity index (χ1n) is 13.4. The maximum Gasteiger partial charge on any atom is 0.407 e. The van der Waals surface area contributed by atoms with Crippen LogP contribution in [0, 0.1) is 16.0 Å². The minimum atomic E-state index is -1.29. The molecule has 0 aromatic carbocycles. The van der Waals surface area contributed by atoms with Gasteiger partial charge in [-0.3, -0.25) is 14.9 Å². The van der Waals surface area contributed by atoms with Gasteiger partial charge >= 0.3 is 12.1 Å². The second-order valence-electron chi connectivity index (χ2n) is 11.7. The maximum absolute atomic E-state index is 11.4. The molecule has 0 bridgehead atoms. The zero-order valence-electron chi connectivity index (χ0n) is 22.6. The minimum Gasteiger partial charge on any atom is -0.481 e. The van der Waals surface area contributed by atoms with Gasteiger partial charge in [0.05, 0.1) is 5.92 Å². The van der Waals surface area contributed by atoms with Crippen molar-refractivity contribution < 1.29 is 24.4 Å². The van der Waals surface area contributed by atoms with Crippen LogP contribution >= 0.6 is 0 Å². The molecule has 9 heteroatoms. The number of hydrogen-bond donors (Lipinski definition) is 3. The molecule has 0 saturated heterocycles. The molecular weight excluding hydrogens is 450 g/mol. The number of rotatable bonds is 10. The summed E-state index contributed by atoms with van der Waals surface area (Å²) in [5.41, 5.74) is -1.88. The third-order valence-electron chi connectivity index (χ3n) is 6.67. The zero-order valence-corrected chi connectivity index (χ0v) is 22.6. The highest BCUT2D eigenvalue weighted by Crippen LogP contribution is 2.24. The van der Waals surface area contributed by atoms with E-state index >= 15 is 0 Å². The zero-order chi connectivity index (χ0) is 26.5. The molecule has 1 atom stereocenters. The van der Waals surface area contributed by atoms with Crippen LogP contribution < -0.4 is 10.6 Å². The molecule has 204 valence electrons. The molecule has 0 radical (unpaired) electrons. The summed E-state index contributed by atoms with van der Waals surface area (Å²) < 4.78 is 5.05. The molecule has 2 fully saturated rings. The molecule has 35 heavy (non-hydrogen) atoms. The van der Waals surface area contributed by atoms with Gasteiger partial charge in [-0.2, -0.15) is 0 Å². The Balaban J connectivity index is 0.000000394. The average molecular weight is 500 g/mol. The highest BCUT2D eigenvalue weighted by Gasteiger charge is 2.36. The number of ether oxygens (including phenoxy) is 1. The Morgan fingerprint density at radius 2 is 1.46 bits per heavy atom. The van der Waals surface area contributed by atoms with Crippen molar-refractivity contribution in [3.8, 4) is 0 Å². The van der Waals surface area contributed by atoms with Crippen LogP contribution in [0.15, 0.2) is 0 Å². The van der Waals surface area contributed by atoms with Crippen LogP contribution in [0.2, 0.25) is 0 Å². The molecule has 1 amide bonds. The minimum absolute atomic E-state index is 0.0538. The van der Waals surface area contributed by atoms with Gasteiger partial charge in [0.25, 0.3) is 0 Å². The summed E-state index contributed by atoms with van der Waals surface area (Å²) in [4.78, 5) is 33.0. The fraction of sp³-hybridized carbons (Fsp3) is 0.923. The van der Waals surface area contributed by atoms with E-state index in [-0.39, 0.29) is 19.4 Å². The first-order valence-corrected chi connectivity index (χ1v) is 13.4. The SMILES string of the molecule is C1CCC(NC2CCCCC2)CC1.CC(C)(C)OC(=O)NCCCC(CC(C)(C)[N+](=O)[O-])C(=O)O. The van der Waals surface area contributed by atoms with E-state index in [4.69, 9.17) is 9.84 Å². The van der Waals surface area contributed by atoms with E-state index < -0.39 is 34.0 Å². The number of amides is 1. The lowest BCUT2D eigenvalue weighted by atomic mass is 9.88. The van der Waals surface area contributed by atoms with E-state index in [0.29, 0.717) is 6.42 Å². The van der Waals surface area contributed by atoms with Gasteiger partial charge < -0.3 is 20.5 Å². The fourth-order valence-electron chi connectivity index (χ4n) is 4.72. The molecule has 9 nitrogen and oxygen atoms in total. The molecule has 2 aliphatic carbocycles. The number of alkyl carbamates (subject to hydrolysis) is 1. The standard InChI is InChI=1S/C14H26N2O6.C12H23N/c1-13(2,3)22-12(19)15-8-6-7-10(11(17)18)9-14(4,5)16(20)21;1-3-7-11(8-4-1)13-12-9-5-2-6-10-12/h10H,6-9H2,1-5H3,(H,15,19)(H,17,18);11-13H,1-10H2. The van der Waals surface area contributed by atoms with Gasteiger partial charge in [-0.1, -0.05) is 38.5 Å². The topological polar surface area (TPSA) is 131 Å². The number of carboxylic acids is 1. The summed E-state index contributed by atoms with van der Waals surface area (Å²) in [6.07, 6.45) is 14.6. The number of hydrogen-bond acceptors (Lipinski definition) is 6. The molecule has 0 aromatic heterocycles. The van der Waals surface area contributed by atoms with Crippen LogP contribution in [0.1, 0.15) is 118 Å². The number of nitro groups is 1. The second-order valence-corrected chi connectivity index (χ2v) is 11.7. The summed E-state index contributed by atoms with van der Waals surface area (Å²) in [6.45, 7) is 8.30. The number of nitrogens with zero attached hydrogens (tertiary/aromatic N) is 1. The van der Waals surface area contributed by atoms with Crippen LogP contribution in [0.4, 0.5) is 4.79 Å². The Hall–Kier alpha value is -1.90. The van der Waals surface area contributed by atoms with Crippen molar-refractivity contribution in [3.05, 3.63) is 10.1 Å². The van der Waals surface area contributed by atoms with E-state index in [1.165, 1.54) is 78.1 Å². The molecule has 0 aromatic rings. The Morgan fingerprint density at radius 3 is 1.86 bits per heavy atom. The van der Waals surface area contributed by atoms with Gasteiger partial charge in [-0.05, 0) is 59.3 Å². The van der Waals surface area contributed by atoms with Crippen molar-refractivity contribution in [2.75, 3.05) is 6.54 Å². The van der Waals surface area contributed by atoms with Crippen LogP contribution in [-0.2, 0) is 9.53 Å². The van der Waals surface area contributed by atoms with Crippen molar-refractivity contribution in [2.24, 2.45) is 5.92 Å². The molecule has 2 saturated carbocycles. The molecule has 3 N–H and O–H groups in total. The van der Waals surface area contributed by atoms with Gasteiger partial charge in [0.2, 0.25) is 5.54 Å². The van der Waals surface area contributed by atoms with E-state index in [2.05, 4.69) is 10.6 Å². The van der Waals surface area contributed by atoms with Gasteiger partial charge in [-0.25, -0.2) is 4.79 Å². The van der Waals surface area contributed by atoms with E-state index in [0.717, 1.165) is 12.1 Å². The molecule has 0 aliphatic heterocycles. The number of carbonyl (C=O) groups is 2. The van der Waals surface area contributed by atoms with Gasteiger partial charge in [0, 0.05) is 43.8 Å². The first-order chi connectivity index (χ1) is 16.3. The van der Waals surface area contributed by atoms with Gasteiger partial charge in [0.15, 0.2) is 0 Å². The monoisotopic (exact) mass is 499 g/mol. The summed E-state index contributed by atoms with van der Waals surface area (Å²) in [6, 6.07) is 1.74. The summed E-state index contributed by atoms with van der Waals surface area (Å²) in [5, 5.41) is 26.4. The van der Waals surface area contributed by atoms with Crippen LogP contribution in [0.25, 0.3) is 0 Å². The summed E-state index contributed by atoms with van der Waals surface area (Å²) >= 11 is 0. The third kappa shape index (κ3) is 14.3. The lowest BCUT2D eigenvalue weighted by molar-refractivity contribution is -0.562. The smallest absolute Gasteiger partial charge is 0.407 e. The number of aliphatic carboxylic acids is 1. The molecule has 2 rings (SSSR count). The van der Waals surface area contributed by atoms with Crippen molar-refractivity contribution in [1.29, 1.82) is 0 Å². The number of carbonyl (C=O) groups excluding carboxylic acids is 1. The quantitative estimate of drug-likeness (QED) is 0.200. The van der Waals surface area contributed by atoms with E-state index in [1.807, 2.05) is 0 Å². The van der Waals surface area contributed by atoms with Crippen molar-refractivity contribution >= 4 is 12.1 Å². The first kappa shape index (κ1) is 31.1. The average Bonchev–Trinajstić information content (AvgIpc) is 2.76. The van der Waals surface area contributed by atoms with Crippen LogP contribution in [-0.4, -0.2) is 51.9 Å². The Bertz CT molecular complexity index is 634. The highest BCUT2D eigenvalue weighted by molar-refractivity contribution is 5.70. The Morgan fingerprint density at radius 1 is 0.971 bits per heavy atom. The van der Waals surface area contributed by atoms with Crippen LogP contribution in [0.5, 0.6) is 0 Å². The fourth-order valence-corrected chi connectivity index (χ4v) is 4.72. The second kappa shape index (κ2) is 15.3. The van der Waals surface area contributed by atoms with E-state index in [1.54, 1.807) is 20.8 Å². The van der Waals surface area contributed by atoms with Gasteiger partial charge in [-0.15, -0.1) is 0 Å². The molecule has 0 spiro atoms. The maximum atomic E-state index is 11.4. The largest absolute Gasteiger partial charge is 0.481 e. The molecule has 0 heterocycles. The predicted molar refractivity (Wildman–Crippen MR) is 137 cm³/mol. The number of nitrogens with one attached hydrogen (secondary N) is 2. The van der Waals surface area contributed by atoms with Crippen molar-refractivity contribution in [2.45, 2.75) is 141 Å². The van der Waals surface area contributed by atoms with Gasteiger partial charge in [0.1, 0.15) is 5.60 Å². The van der Waals surface area contributed by atoms with E-state index in [9.17, 15) is 19.7 Å². The molecular formula is C26H49N3O6. The Kier molecular flexibility index (Phi) is 13.6. The third-order valence-corrected chi connectivity index (χ3v) is 6.67. The predicted octanol–water partition coefficient (Wildman–Crippen LogP) is 5.68. The molecule has 1 unspecified atom stereocenters. The Labute approximate surface area is 211 Å². The lowest BCUT2D eigenvalue weighted by Crippen LogP contribution is -2.40. The van der Waals surface area contributed by atoms with Crippen molar-refractivity contribution in [3.63, 3.8) is 0 Å². The highest BCUT2D eigenvalue weighted by atomic mass is 16.6.